The van der Waals surface area contributed by atoms with Gasteiger partial charge in [0.2, 0.25) is 0 Å². The summed E-state index contributed by atoms with van der Waals surface area (Å²) < 4.78 is 0. The number of halogens is 1. The SMILES string of the molecule is Cc1nc(CC(C)C)sc1C(=O)N(C)Cc1ccc(Cl)cc1. The molecule has 2 aromatic rings. The zero-order valence-corrected chi connectivity index (χ0v) is 15.0. The summed E-state index contributed by atoms with van der Waals surface area (Å²) in [6.45, 7) is 6.78. The van der Waals surface area contributed by atoms with Crippen molar-refractivity contribution in [1.29, 1.82) is 0 Å². The maximum absolute atomic E-state index is 12.6. The van der Waals surface area contributed by atoms with Crippen LogP contribution in [0.4, 0.5) is 0 Å². The van der Waals surface area contributed by atoms with Crippen molar-refractivity contribution >= 4 is 28.8 Å². The number of hydrogen-bond donors (Lipinski definition) is 0. The number of rotatable bonds is 5. The van der Waals surface area contributed by atoms with E-state index in [2.05, 4.69) is 18.8 Å². The number of thiazole rings is 1. The number of amides is 1. The third-order valence-corrected chi connectivity index (χ3v) is 4.72. The Bertz CT molecular complexity index is 649. The first-order valence-corrected chi connectivity index (χ1v) is 8.52. The number of carbonyl (C=O) groups is 1. The predicted octanol–water partition coefficient (Wildman–Crippen LogP) is 4.58. The fourth-order valence-corrected chi connectivity index (χ4v) is 3.59. The topological polar surface area (TPSA) is 33.2 Å². The van der Waals surface area contributed by atoms with Crippen LogP contribution in [0, 0.1) is 12.8 Å². The molecule has 0 N–H and O–H groups in total. The molecule has 22 heavy (non-hydrogen) atoms. The molecule has 0 bridgehead atoms. The quantitative estimate of drug-likeness (QED) is 0.801. The van der Waals surface area contributed by atoms with Gasteiger partial charge in [-0.15, -0.1) is 11.3 Å². The lowest BCUT2D eigenvalue weighted by molar-refractivity contribution is 0.0789. The van der Waals surface area contributed by atoms with Gasteiger partial charge in [-0.2, -0.15) is 0 Å². The Labute approximate surface area is 140 Å². The zero-order valence-electron chi connectivity index (χ0n) is 13.4. The average molecular weight is 337 g/mol. The van der Waals surface area contributed by atoms with Crippen molar-refractivity contribution < 1.29 is 4.79 Å². The second kappa shape index (κ2) is 7.25. The van der Waals surface area contributed by atoms with Crippen LogP contribution in [0.25, 0.3) is 0 Å². The van der Waals surface area contributed by atoms with Gasteiger partial charge in [-0.25, -0.2) is 4.98 Å². The van der Waals surface area contributed by atoms with Crippen LogP contribution in [0.3, 0.4) is 0 Å². The van der Waals surface area contributed by atoms with Gasteiger partial charge >= 0.3 is 0 Å². The van der Waals surface area contributed by atoms with E-state index in [0.717, 1.165) is 27.6 Å². The monoisotopic (exact) mass is 336 g/mol. The highest BCUT2D eigenvalue weighted by atomic mass is 35.5. The lowest BCUT2D eigenvalue weighted by Crippen LogP contribution is -2.26. The molecular weight excluding hydrogens is 316 g/mol. The molecule has 0 atom stereocenters. The first kappa shape index (κ1) is 17.0. The minimum absolute atomic E-state index is 0.0277. The normalized spacial score (nSPS) is 11.0. The minimum Gasteiger partial charge on any atom is -0.337 e. The van der Waals surface area contributed by atoms with E-state index in [1.165, 1.54) is 11.3 Å². The van der Waals surface area contributed by atoms with Crippen LogP contribution in [0.15, 0.2) is 24.3 Å². The summed E-state index contributed by atoms with van der Waals surface area (Å²) in [5.41, 5.74) is 1.89. The molecule has 0 saturated heterocycles. The van der Waals surface area contributed by atoms with Crippen molar-refractivity contribution in [3.05, 3.63) is 50.4 Å². The van der Waals surface area contributed by atoms with Crippen molar-refractivity contribution in [2.45, 2.75) is 33.7 Å². The van der Waals surface area contributed by atoms with Gasteiger partial charge in [-0.3, -0.25) is 4.79 Å². The number of benzene rings is 1. The largest absolute Gasteiger partial charge is 0.337 e. The summed E-state index contributed by atoms with van der Waals surface area (Å²) in [5, 5.41) is 1.74. The molecule has 1 aromatic carbocycles. The number of hydrogen-bond acceptors (Lipinski definition) is 3. The number of aryl methyl sites for hydroxylation is 1. The van der Waals surface area contributed by atoms with Crippen molar-refractivity contribution in [3.63, 3.8) is 0 Å². The van der Waals surface area contributed by atoms with Crippen molar-refractivity contribution in [1.82, 2.24) is 9.88 Å². The van der Waals surface area contributed by atoms with Gasteiger partial charge in [0.15, 0.2) is 0 Å². The van der Waals surface area contributed by atoms with Crippen molar-refractivity contribution in [3.8, 4) is 0 Å². The molecule has 1 aromatic heterocycles. The van der Waals surface area contributed by atoms with Crippen LogP contribution in [-0.2, 0) is 13.0 Å². The van der Waals surface area contributed by atoms with Crippen LogP contribution in [0.5, 0.6) is 0 Å². The summed E-state index contributed by atoms with van der Waals surface area (Å²) in [5.74, 6) is 0.570. The zero-order chi connectivity index (χ0) is 16.3. The van der Waals surface area contributed by atoms with E-state index in [1.54, 1.807) is 4.90 Å². The van der Waals surface area contributed by atoms with E-state index in [-0.39, 0.29) is 5.91 Å². The van der Waals surface area contributed by atoms with Gasteiger partial charge in [0.1, 0.15) is 4.88 Å². The van der Waals surface area contributed by atoms with Crippen molar-refractivity contribution in [2.24, 2.45) is 5.92 Å². The van der Waals surface area contributed by atoms with Crippen molar-refractivity contribution in [2.75, 3.05) is 7.05 Å². The van der Waals surface area contributed by atoms with Crippen LogP contribution >= 0.6 is 22.9 Å². The second-order valence-corrected chi connectivity index (χ2v) is 7.43. The summed E-state index contributed by atoms with van der Waals surface area (Å²) in [7, 11) is 1.82. The number of carbonyl (C=O) groups excluding carboxylic acids is 1. The maximum Gasteiger partial charge on any atom is 0.265 e. The Morgan fingerprint density at radius 3 is 2.55 bits per heavy atom. The minimum atomic E-state index is 0.0277. The van der Waals surface area contributed by atoms with E-state index >= 15 is 0 Å². The van der Waals surface area contributed by atoms with Crippen LogP contribution in [-0.4, -0.2) is 22.8 Å². The van der Waals surface area contributed by atoms with Crippen LogP contribution in [0.1, 0.15) is 39.8 Å². The first-order valence-electron chi connectivity index (χ1n) is 7.33. The van der Waals surface area contributed by atoms with Gasteiger partial charge < -0.3 is 4.90 Å². The second-order valence-electron chi connectivity index (χ2n) is 5.91. The molecule has 0 spiro atoms. The third-order valence-electron chi connectivity index (χ3n) is 3.30. The molecule has 1 heterocycles. The Morgan fingerprint density at radius 1 is 1.32 bits per heavy atom. The van der Waals surface area contributed by atoms with Crippen LogP contribution in [0.2, 0.25) is 5.02 Å². The van der Waals surface area contributed by atoms with E-state index < -0.39 is 0 Å². The standard InChI is InChI=1S/C17H21ClN2OS/c1-11(2)9-15-19-12(3)16(22-15)17(21)20(4)10-13-5-7-14(18)8-6-13/h5-8,11H,9-10H2,1-4H3. The van der Waals surface area contributed by atoms with Gasteiger partial charge in [0, 0.05) is 25.0 Å². The third kappa shape index (κ3) is 4.31. The predicted molar refractivity (Wildman–Crippen MR) is 92.6 cm³/mol. The Kier molecular flexibility index (Phi) is 5.59. The summed E-state index contributed by atoms with van der Waals surface area (Å²) >= 11 is 7.40. The first-order chi connectivity index (χ1) is 10.4. The molecule has 118 valence electrons. The highest BCUT2D eigenvalue weighted by Crippen LogP contribution is 2.22. The molecule has 0 aliphatic carbocycles. The molecule has 2 rings (SSSR count). The lowest BCUT2D eigenvalue weighted by Gasteiger charge is -2.16. The highest BCUT2D eigenvalue weighted by molar-refractivity contribution is 7.13. The Balaban J connectivity index is 2.10. The van der Waals surface area contributed by atoms with E-state index in [1.807, 2.05) is 38.2 Å². The molecule has 1 amide bonds. The molecule has 3 nitrogen and oxygen atoms in total. The van der Waals surface area contributed by atoms with Crippen LogP contribution < -0.4 is 0 Å². The fraction of sp³-hybridized carbons (Fsp3) is 0.412. The molecule has 0 aliphatic heterocycles. The molecular formula is C17H21ClN2OS. The number of nitrogens with zero attached hydrogens (tertiary/aromatic N) is 2. The van der Waals surface area contributed by atoms with E-state index in [0.29, 0.717) is 17.5 Å². The summed E-state index contributed by atoms with van der Waals surface area (Å²) in [6.07, 6.45) is 0.916. The molecule has 0 radical (unpaired) electrons. The molecule has 0 aliphatic rings. The Hall–Kier alpha value is -1.39. The summed E-state index contributed by atoms with van der Waals surface area (Å²) in [4.78, 5) is 19.6. The lowest BCUT2D eigenvalue weighted by atomic mass is 10.1. The van der Waals surface area contributed by atoms with Gasteiger partial charge in [0.05, 0.1) is 10.7 Å². The van der Waals surface area contributed by atoms with Gasteiger partial charge in [0.25, 0.3) is 5.91 Å². The maximum atomic E-state index is 12.6. The van der Waals surface area contributed by atoms with E-state index in [9.17, 15) is 4.79 Å². The molecule has 0 fully saturated rings. The smallest absolute Gasteiger partial charge is 0.265 e. The van der Waals surface area contributed by atoms with Gasteiger partial charge in [-0.05, 0) is 30.5 Å². The van der Waals surface area contributed by atoms with E-state index in [4.69, 9.17) is 11.6 Å². The fourth-order valence-electron chi connectivity index (χ4n) is 2.20. The summed E-state index contributed by atoms with van der Waals surface area (Å²) in [6, 6.07) is 7.56. The van der Waals surface area contributed by atoms with Gasteiger partial charge in [-0.1, -0.05) is 37.6 Å². The highest BCUT2D eigenvalue weighted by Gasteiger charge is 2.19. The molecule has 0 unspecified atom stereocenters. The molecule has 0 saturated carbocycles. The molecule has 5 heteroatoms. The Morgan fingerprint density at radius 2 is 1.95 bits per heavy atom. The number of aromatic nitrogens is 1. The average Bonchev–Trinajstić information content (AvgIpc) is 2.80.